The number of aromatic nitrogens is 5. The molecule has 0 unspecified atom stereocenters. The van der Waals surface area contributed by atoms with Crippen LogP contribution in [0.15, 0.2) is 29.2 Å². The van der Waals surface area contributed by atoms with Crippen LogP contribution < -0.4 is 0 Å². The van der Waals surface area contributed by atoms with Crippen molar-refractivity contribution >= 4 is 0 Å². The van der Waals surface area contributed by atoms with Crippen molar-refractivity contribution < 1.29 is 4.52 Å². The quantitative estimate of drug-likeness (QED) is 0.703. The van der Waals surface area contributed by atoms with Gasteiger partial charge in [-0.1, -0.05) is 5.16 Å². The van der Waals surface area contributed by atoms with E-state index < -0.39 is 0 Å². The van der Waals surface area contributed by atoms with Gasteiger partial charge in [0.25, 0.3) is 0 Å². The predicted molar refractivity (Wildman–Crippen MR) is 97.3 cm³/mol. The highest BCUT2D eigenvalue weighted by Crippen LogP contribution is 2.27. The van der Waals surface area contributed by atoms with Crippen molar-refractivity contribution in [3.05, 3.63) is 47.5 Å². The van der Waals surface area contributed by atoms with Gasteiger partial charge in [0.2, 0.25) is 0 Å². The largest absolute Gasteiger partial charge is 0.361 e. The number of aryl methyl sites for hydroxylation is 3. The van der Waals surface area contributed by atoms with Crippen LogP contribution >= 0.6 is 0 Å². The molecule has 0 radical (unpaired) electrons. The van der Waals surface area contributed by atoms with Crippen LogP contribution in [0.5, 0.6) is 0 Å². The van der Waals surface area contributed by atoms with Crippen molar-refractivity contribution in [3.8, 4) is 11.3 Å². The highest BCUT2D eigenvalue weighted by atomic mass is 16.5. The molecular formula is C19H24N6O. The number of nitrogens with zero attached hydrogens (tertiary/aromatic N) is 6. The summed E-state index contributed by atoms with van der Waals surface area (Å²) in [7, 11) is 1.96. The molecular weight excluding hydrogens is 328 g/mol. The molecule has 1 atom stereocenters. The van der Waals surface area contributed by atoms with Gasteiger partial charge in [0.15, 0.2) is 0 Å². The predicted octanol–water partition coefficient (Wildman–Crippen LogP) is 2.55. The van der Waals surface area contributed by atoms with E-state index in [2.05, 4.69) is 37.3 Å². The zero-order valence-electron chi connectivity index (χ0n) is 15.5. The summed E-state index contributed by atoms with van der Waals surface area (Å²) in [6.07, 6.45) is 5.81. The molecule has 7 heteroatoms. The Balaban J connectivity index is 1.41. The molecule has 1 fully saturated rings. The maximum absolute atomic E-state index is 5.27. The van der Waals surface area contributed by atoms with Crippen LogP contribution in [0.2, 0.25) is 0 Å². The summed E-state index contributed by atoms with van der Waals surface area (Å²) >= 11 is 0. The zero-order chi connectivity index (χ0) is 18.1. The van der Waals surface area contributed by atoms with Gasteiger partial charge in [0.1, 0.15) is 12.1 Å². The van der Waals surface area contributed by atoms with Gasteiger partial charge in [-0.3, -0.25) is 9.58 Å². The van der Waals surface area contributed by atoms with Gasteiger partial charge in [-0.15, -0.1) is 0 Å². The van der Waals surface area contributed by atoms with Crippen LogP contribution in [-0.4, -0.2) is 42.9 Å². The fourth-order valence-electron chi connectivity index (χ4n) is 3.79. The van der Waals surface area contributed by atoms with Gasteiger partial charge in [-0.25, -0.2) is 9.97 Å². The van der Waals surface area contributed by atoms with Gasteiger partial charge in [-0.2, -0.15) is 5.10 Å². The topological polar surface area (TPSA) is 72.9 Å². The van der Waals surface area contributed by atoms with E-state index in [-0.39, 0.29) is 0 Å². The average Bonchev–Trinajstić information content (AvgIpc) is 3.30. The van der Waals surface area contributed by atoms with E-state index in [0.29, 0.717) is 5.92 Å². The van der Waals surface area contributed by atoms with Crippen molar-refractivity contribution in [1.82, 2.24) is 29.8 Å². The first kappa shape index (κ1) is 16.9. The molecule has 0 bridgehead atoms. The Morgan fingerprint density at radius 3 is 2.85 bits per heavy atom. The third-order valence-corrected chi connectivity index (χ3v) is 5.04. The summed E-state index contributed by atoms with van der Waals surface area (Å²) in [6.45, 7) is 6.99. The van der Waals surface area contributed by atoms with Crippen LogP contribution in [0.4, 0.5) is 0 Å². The Hall–Kier alpha value is -2.54. The maximum atomic E-state index is 5.27. The minimum atomic E-state index is 0.617. The SMILES string of the molecule is Cc1noc(C)c1-c1cc(C[C@H]2CCN(Cc3ccn(C)n3)C2)ncn1. The molecule has 0 amide bonds. The lowest BCUT2D eigenvalue weighted by Crippen LogP contribution is -2.21. The Morgan fingerprint density at radius 2 is 2.12 bits per heavy atom. The van der Waals surface area contributed by atoms with Crippen molar-refractivity contribution in [3.63, 3.8) is 0 Å². The van der Waals surface area contributed by atoms with Crippen LogP contribution in [0, 0.1) is 19.8 Å². The summed E-state index contributed by atoms with van der Waals surface area (Å²) in [5.41, 5.74) is 4.97. The lowest BCUT2D eigenvalue weighted by atomic mass is 10.0. The van der Waals surface area contributed by atoms with E-state index in [9.17, 15) is 0 Å². The molecule has 0 saturated carbocycles. The molecule has 0 spiro atoms. The Labute approximate surface area is 153 Å². The van der Waals surface area contributed by atoms with Gasteiger partial charge < -0.3 is 4.52 Å². The van der Waals surface area contributed by atoms with Gasteiger partial charge in [0, 0.05) is 32.0 Å². The highest BCUT2D eigenvalue weighted by Gasteiger charge is 2.24. The van der Waals surface area contributed by atoms with E-state index in [4.69, 9.17) is 4.52 Å². The molecule has 7 nitrogen and oxygen atoms in total. The van der Waals surface area contributed by atoms with E-state index in [1.54, 1.807) is 6.33 Å². The Kier molecular flexibility index (Phi) is 4.55. The highest BCUT2D eigenvalue weighted by molar-refractivity contribution is 5.63. The van der Waals surface area contributed by atoms with Crippen molar-refractivity contribution in [1.29, 1.82) is 0 Å². The minimum absolute atomic E-state index is 0.617. The van der Waals surface area contributed by atoms with Crippen molar-refractivity contribution in [2.24, 2.45) is 13.0 Å². The first-order valence-corrected chi connectivity index (χ1v) is 9.03. The Bertz CT molecular complexity index is 880. The smallest absolute Gasteiger partial charge is 0.143 e. The molecule has 1 saturated heterocycles. The minimum Gasteiger partial charge on any atom is -0.361 e. The molecule has 3 aromatic rings. The standard InChI is InChI=1S/C19H24N6O/c1-13-19(14(2)26-23-13)18-9-17(20-12-21-18)8-15-4-7-25(10-15)11-16-5-6-24(3)22-16/h5-6,9,12,15H,4,7-8,10-11H2,1-3H3/t15-/m1/s1. The lowest BCUT2D eigenvalue weighted by Gasteiger charge is -2.14. The summed E-state index contributed by atoms with van der Waals surface area (Å²) < 4.78 is 7.13. The third kappa shape index (κ3) is 3.53. The second kappa shape index (κ2) is 6.99. The van der Waals surface area contributed by atoms with Gasteiger partial charge in [0.05, 0.1) is 22.6 Å². The fraction of sp³-hybridized carbons (Fsp3) is 0.474. The number of hydrogen-bond donors (Lipinski definition) is 0. The average molecular weight is 352 g/mol. The van der Waals surface area contributed by atoms with Crippen molar-refractivity contribution in [2.45, 2.75) is 33.2 Å². The summed E-state index contributed by atoms with van der Waals surface area (Å²) in [5, 5.41) is 8.51. The third-order valence-electron chi connectivity index (χ3n) is 5.04. The molecule has 1 aliphatic heterocycles. The molecule has 0 aromatic carbocycles. The van der Waals surface area contributed by atoms with Crippen LogP contribution in [0.25, 0.3) is 11.3 Å². The monoisotopic (exact) mass is 352 g/mol. The number of rotatable bonds is 5. The van der Waals surface area contributed by atoms with E-state index >= 15 is 0 Å². The lowest BCUT2D eigenvalue weighted by molar-refractivity contribution is 0.311. The first-order chi connectivity index (χ1) is 12.6. The summed E-state index contributed by atoms with van der Waals surface area (Å²) in [4.78, 5) is 11.4. The zero-order valence-corrected chi connectivity index (χ0v) is 15.5. The maximum Gasteiger partial charge on any atom is 0.143 e. The second-order valence-corrected chi connectivity index (χ2v) is 7.17. The van der Waals surface area contributed by atoms with Crippen molar-refractivity contribution in [2.75, 3.05) is 13.1 Å². The second-order valence-electron chi connectivity index (χ2n) is 7.17. The first-order valence-electron chi connectivity index (χ1n) is 9.03. The summed E-state index contributed by atoms with van der Waals surface area (Å²) in [6, 6.07) is 4.17. The summed E-state index contributed by atoms with van der Waals surface area (Å²) in [5.74, 6) is 1.42. The molecule has 0 aliphatic carbocycles. The number of hydrogen-bond acceptors (Lipinski definition) is 6. The van der Waals surface area contributed by atoms with Crippen LogP contribution in [-0.2, 0) is 20.0 Å². The molecule has 136 valence electrons. The molecule has 4 heterocycles. The van der Waals surface area contributed by atoms with E-state index in [1.165, 1.54) is 6.42 Å². The van der Waals surface area contributed by atoms with Gasteiger partial charge >= 0.3 is 0 Å². The van der Waals surface area contributed by atoms with E-state index in [1.807, 2.05) is 31.8 Å². The van der Waals surface area contributed by atoms with Crippen LogP contribution in [0.3, 0.4) is 0 Å². The molecule has 26 heavy (non-hydrogen) atoms. The van der Waals surface area contributed by atoms with Crippen LogP contribution in [0.1, 0.15) is 29.3 Å². The molecule has 3 aromatic heterocycles. The molecule has 0 N–H and O–H groups in total. The number of likely N-dealkylation sites (tertiary alicyclic amines) is 1. The van der Waals surface area contributed by atoms with Gasteiger partial charge in [-0.05, 0) is 51.3 Å². The van der Waals surface area contributed by atoms with E-state index in [0.717, 1.165) is 60.2 Å². The molecule has 4 rings (SSSR count). The molecule has 1 aliphatic rings. The normalized spacial score (nSPS) is 17.9. The Morgan fingerprint density at radius 1 is 1.23 bits per heavy atom. The fourth-order valence-corrected chi connectivity index (χ4v) is 3.79.